The van der Waals surface area contributed by atoms with E-state index in [0.29, 0.717) is 5.69 Å². The molecule has 0 saturated carbocycles. The van der Waals surface area contributed by atoms with E-state index in [1.54, 1.807) is 12.1 Å². The first-order valence-corrected chi connectivity index (χ1v) is 11.8. The Morgan fingerprint density at radius 1 is 0.909 bits per heavy atom. The van der Waals surface area contributed by atoms with Crippen molar-refractivity contribution in [2.24, 2.45) is 16.8 Å². The molecule has 1 heterocycles. The number of hydrogen-bond acceptors (Lipinski definition) is 4. The Balaban J connectivity index is 1.63. The number of carbonyl (C=O) groups is 2. The maximum atomic E-state index is 14.1. The predicted octanol–water partition coefficient (Wildman–Crippen LogP) is 4.06. The highest BCUT2D eigenvalue weighted by molar-refractivity contribution is 9.10. The number of aliphatic hydroxyl groups is 1. The molecule has 5 nitrogen and oxygen atoms in total. The lowest BCUT2D eigenvalue weighted by Gasteiger charge is -2.52. The minimum atomic E-state index is -0.862. The number of anilines is 1. The monoisotopic (exact) mass is 500 g/mol. The van der Waals surface area contributed by atoms with Gasteiger partial charge in [0.1, 0.15) is 0 Å². The van der Waals surface area contributed by atoms with E-state index in [0.717, 1.165) is 26.7 Å². The van der Waals surface area contributed by atoms with E-state index in [1.165, 1.54) is 4.90 Å². The number of halogens is 1. The standard InChI is InChI=1S/C27H21BrN2O3/c28-16-9-11-17(12-10-16)30-25(32)23-22-18-5-1-3-7-20(18)27(15-29-13-14-31,24(23)26(30)33)21-8-4-2-6-19(21)22/h1-12,15,22-24,31H,13-14H2/t22?,23-,24+,27?/m1/s1. The summed E-state index contributed by atoms with van der Waals surface area (Å²) < 4.78 is 0.884. The fourth-order valence-electron chi connectivity index (χ4n) is 6.16. The quantitative estimate of drug-likeness (QED) is 0.433. The lowest BCUT2D eigenvalue weighted by molar-refractivity contribution is -0.122. The number of nitrogens with zero attached hydrogens (tertiary/aromatic N) is 2. The molecule has 2 amide bonds. The van der Waals surface area contributed by atoms with E-state index < -0.39 is 17.3 Å². The van der Waals surface area contributed by atoms with Crippen molar-refractivity contribution in [3.05, 3.63) is 99.5 Å². The highest BCUT2D eigenvalue weighted by Gasteiger charge is 2.67. The highest BCUT2D eigenvalue weighted by Crippen LogP contribution is 2.63. The van der Waals surface area contributed by atoms with Crippen molar-refractivity contribution in [1.29, 1.82) is 0 Å². The third-order valence-electron chi connectivity index (χ3n) is 7.29. The van der Waals surface area contributed by atoms with Crippen molar-refractivity contribution in [2.45, 2.75) is 11.3 Å². The molecule has 1 fully saturated rings. The second-order valence-corrected chi connectivity index (χ2v) is 9.69. The average molecular weight is 501 g/mol. The molecule has 0 aromatic heterocycles. The van der Waals surface area contributed by atoms with Crippen LogP contribution in [0.25, 0.3) is 0 Å². The smallest absolute Gasteiger partial charge is 0.239 e. The van der Waals surface area contributed by atoms with Crippen LogP contribution in [-0.2, 0) is 15.0 Å². The zero-order valence-corrected chi connectivity index (χ0v) is 19.3. The number of aliphatic imine (C=N–C) groups is 1. The van der Waals surface area contributed by atoms with Crippen LogP contribution in [0.2, 0.25) is 0 Å². The molecule has 1 saturated heterocycles. The summed E-state index contributed by atoms with van der Waals surface area (Å²) in [6, 6.07) is 23.5. The lowest BCUT2D eigenvalue weighted by Crippen LogP contribution is -2.54. The van der Waals surface area contributed by atoms with E-state index in [1.807, 2.05) is 42.6 Å². The summed E-state index contributed by atoms with van der Waals surface area (Å²) in [6.45, 7) is 0.163. The number of rotatable bonds is 4. The van der Waals surface area contributed by atoms with Crippen LogP contribution in [-0.4, -0.2) is 36.3 Å². The van der Waals surface area contributed by atoms with Crippen LogP contribution in [0, 0.1) is 11.8 Å². The van der Waals surface area contributed by atoms with Crippen LogP contribution in [0.15, 0.2) is 82.3 Å². The Kier molecular flexibility index (Phi) is 4.64. The van der Waals surface area contributed by atoms with Gasteiger partial charge in [-0.1, -0.05) is 64.5 Å². The van der Waals surface area contributed by atoms with Gasteiger partial charge in [-0.25, -0.2) is 4.90 Å². The summed E-state index contributed by atoms with van der Waals surface area (Å²) in [5.41, 5.74) is 3.92. The third-order valence-corrected chi connectivity index (χ3v) is 7.82. The zero-order valence-electron chi connectivity index (χ0n) is 17.7. The highest BCUT2D eigenvalue weighted by atomic mass is 79.9. The minimum Gasteiger partial charge on any atom is -0.394 e. The number of hydrogen-bond donors (Lipinski definition) is 1. The molecule has 4 aliphatic rings. The fraction of sp³-hybridized carbons (Fsp3) is 0.222. The molecule has 33 heavy (non-hydrogen) atoms. The molecular weight excluding hydrogens is 480 g/mol. The second kappa shape index (κ2) is 7.47. The molecule has 1 N–H and O–H groups in total. The predicted molar refractivity (Wildman–Crippen MR) is 130 cm³/mol. The second-order valence-electron chi connectivity index (χ2n) is 8.77. The van der Waals surface area contributed by atoms with Gasteiger partial charge in [0, 0.05) is 16.6 Å². The van der Waals surface area contributed by atoms with Gasteiger partial charge in [0.2, 0.25) is 11.8 Å². The molecule has 1 aliphatic heterocycles. The van der Waals surface area contributed by atoms with E-state index in [2.05, 4.69) is 45.2 Å². The van der Waals surface area contributed by atoms with Crippen LogP contribution >= 0.6 is 15.9 Å². The summed E-state index contributed by atoms with van der Waals surface area (Å²) in [5.74, 6) is -1.65. The van der Waals surface area contributed by atoms with Crippen molar-refractivity contribution in [3.8, 4) is 0 Å². The lowest BCUT2D eigenvalue weighted by atomic mass is 9.47. The van der Waals surface area contributed by atoms with Gasteiger partial charge in [0.15, 0.2) is 0 Å². The summed E-state index contributed by atoms with van der Waals surface area (Å²) in [7, 11) is 0. The average Bonchev–Trinajstić information content (AvgIpc) is 3.11. The van der Waals surface area contributed by atoms with Gasteiger partial charge in [0.25, 0.3) is 0 Å². The van der Waals surface area contributed by atoms with Crippen LogP contribution in [0.1, 0.15) is 28.2 Å². The van der Waals surface area contributed by atoms with Crippen molar-refractivity contribution < 1.29 is 14.7 Å². The third kappa shape index (κ3) is 2.65. The fourth-order valence-corrected chi connectivity index (χ4v) is 6.43. The molecule has 164 valence electrons. The molecule has 2 atom stereocenters. The first kappa shape index (κ1) is 20.5. The topological polar surface area (TPSA) is 70.0 Å². The number of carbonyl (C=O) groups excluding carboxylic acids is 2. The summed E-state index contributed by atoms with van der Waals surface area (Å²) >= 11 is 3.43. The maximum Gasteiger partial charge on any atom is 0.239 e. The van der Waals surface area contributed by atoms with E-state index in [4.69, 9.17) is 0 Å². The van der Waals surface area contributed by atoms with Crippen molar-refractivity contribution in [3.63, 3.8) is 0 Å². The van der Waals surface area contributed by atoms with Gasteiger partial charge in [-0.3, -0.25) is 14.6 Å². The Morgan fingerprint density at radius 3 is 2.12 bits per heavy atom. The molecule has 3 aliphatic carbocycles. The van der Waals surface area contributed by atoms with Gasteiger partial charge < -0.3 is 5.11 Å². The molecular formula is C27H21BrN2O3. The number of amides is 2. The van der Waals surface area contributed by atoms with Crippen LogP contribution in [0.3, 0.4) is 0 Å². The molecule has 7 rings (SSSR count). The molecule has 0 radical (unpaired) electrons. The molecule has 0 spiro atoms. The SMILES string of the molecule is O=C1[C@@H]2C3c4ccccc4C(C=NCCO)(c4ccccc43)[C@@H]2C(=O)N1c1ccc(Br)cc1. The largest absolute Gasteiger partial charge is 0.394 e. The maximum absolute atomic E-state index is 14.1. The Labute approximate surface area is 199 Å². The molecule has 2 bridgehead atoms. The summed E-state index contributed by atoms with van der Waals surface area (Å²) in [6.07, 6.45) is 1.82. The van der Waals surface area contributed by atoms with Crippen LogP contribution in [0.4, 0.5) is 5.69 Å². The van der Waals surface area contributed by atoms with Crippen molar-refractivity contribution in [1.82, 2.24) is 0 Å². The van der Waals surface area contributed by atoms with Gasteiger partial charge >= 0.3 is 0 Å². The van der Waals surface area contributed by atoms with E-state index >= 15 is 0 Å². The summed E-state index contributed by atoms with van der Waals surface area (Å²) in [5, 5.41) is 9.40. The Morgan fingerprint density at radius 2 is 1.52 bits per heavy atom. The molecule has 6 heteroatoms. The van der Waals surface area contributed by atoms with Crippen molar-refractivity contribution >= 4 is 39.6 Å². The van der Waals surface area contributed by atoms with Gasteiger partial charge in [-0.05, 0) is 46.5 Å². The first-order chi connectivity index (χ1) is 16.1. The van der Waals surface area contributed by atoms with Crippen LogP contribution < -0.4 is 4.90 Å². The van der Waals surface area contributed by atoms with Gasteiger partial charge in [-0.2, -0.15) is 0 Å². The molecule has 0 unspecified atom stereocenters. The summed E-state index contributed by atoms with van der Waals surface area (Å²) in [4.78, 5) is 33.9. The number of imide groups is 1. The van der Waals surface area contributed by atoms with Crippen LogP contribution in [0.5, 0.6) is 0 Å². The van der Waals surface area contributed by atoms with E-state index in [-0.39, 0.29) is 30.9 Å². The molecule has 3 aromatic carbocycles. The van der Waals surface area contributed by atoms with E-state index in [9.17, 15) is 14.7 Å². The van der Waals surface area contributed by atoms with Gasteiger partial charge in [-0.15, -0.1) is 0 Å². The number of benzene rings is 3. The Hall–Kier alpha value is -3.09. The van der Waals surface area contributed by atoms with Gasteiger partial charge in [0.05, 0.1) is 36.1 Å². The Bertz CT molecular complexity index is 1270. The van der Waals surface area contributed by atoms with Crippen molar-refractivity contribution in [2.75, 3.05) is 18.1 Å². The number of aliphatic hydroxyl groups excluding tert-OH is 1. The minimum absolute atomic E-state index is 0.0789. The normalized spacial score (nSPS) is 27.1. The first-order valence-electron chi connectivity index (χ1n) is 11.0. The molecule has 3 aromatic rings. The zero-order chi connectivity index (χ0) is 22.7.